The minimum absolute atomic E-state index is 0.0172. The molecule has 1 amide bonds. The molecule has 0 aliphatic rings. The number of nitrogens with one attached hydrogen (secondary N) is 1. The molecular formula is C22H24N2O2. The lowest BCUT2D eigenvalue weighted by Gasteiger charge is -2.27. The number of aryl methyl sites for hydroxylation is 2. The SMILES string of the molecule is Cc1ccc(C(=O)N(Cc2cc3cc(C)ccc3[nH]c2=O)C(C)C)cc1. The van der Waals surface area contributed by atoms with Gasteiger partial charge in [-0.25, -0.2) is 0 Å². The molecule has 1 N–H and O–H groups in total. The van der Waals surface area contributed by atoms with E-state index < -0.39 is 0 Å². The molecule has 3 aromatic rings. The Morgan fingerprint density at radius 2 is 1.65 bits per heavy atom. The first-order valence-corrected chi connectivity index (χ1v) is 8.85. The highest BCUT2D eigenvalue weighted by atomic mass is 16.2. The molecule has 0 saturated carbocycles. The van der Waals surface area contributed by atoms with E-state index in [0.29, 0.717) is 11.1 Å². The fourth-order valence-electron chi connectivity index (χ4n) is 3.02. The maximum atomic E-state index is 12.9. The van der Waals surface area contributed by atoms with Crippen LogP contribution in [0.2, 0.25) is 0 Å². The Hall–Kier alpha value is -2.88. The van der Waals surface area contributed by atoms with Crippen molar-refractivity contribution in [1.82, 2.24) is 9.88 Å². The van der Waals surface area contributed by atoms with Crippen molar-refractivity contribution in [2.45, 2.75) is 40.3 Å². The van der Waals surface area contributed by atoms with Crippen LogP contribution in [0, 0.1) is 13.8 Å². The van der Waals surface area contributed by atoms with Crippen LogP contribution in [0.3, 0.4) is 0 Å². The van der Waals surface area contributed by atoms with E-state index in [2.05, 4.69) is 4.98 Å². The molecule has 1 heterocycles. The van der Waals surface area contributed by atoms with Crippen LogP contribution >= 0.6 is 0 Å². The summed E-state index contributed by atoms with van der Waals surface area (Å²) in [6.07, 6.45) is 0. The number of hydrogen-bond donors (Lipinski definition) is 1. The number of rotatable bonds is 4. The van der Waals surface area contributed by atoms with Crippen molar-refractivity contribution in [2.75, 3.05) is 0 Å². The van der Waals surface area contributed by atoms with Crippen molar-refractivity contribution >= 4 is 16.8 Å². The van der Waals surface area contributed by atoms with Gasteiger partial charge in [0.2, 0.25) is 0 Å². The Balaban J connectivity index is 1.96. The lowest BCUT2D eigenvalue weighted by Crippen LogP contribution is -2.38. The minimum atomic E-state index is -0.149. The van der Waals surface area contributed by atoms with Crippen LogP contribution in [-0.2, 0) is 6.54 Å². The molecule has 4 heteroatoms. The van der Waals surface area contributed by atoms with Crippen LogP contribution in [0.15, 0.2) is 53.3 Å². The summed E-state index contributed by atoms with van der Waals surface area (Å²) in [5.41, 5.74) is 4.13. The first-order chi connectivity index (χ1) is 12.3. The molecule has 0 unspecified atom stereocenters. The van der Waals surface area contributed by atoms with E-state index >= 15 is 0 Å². The zero-order valence-corrected chi connectivity index (χ0v) is 15.7. The standard InChI is InChI=1S/C22H24N2O2/c1-14(2)24(22(26)17-8-5-15(3)6-9-17)13-19-12-18-11-16(4)7-10-20(18)23-21(19)25/h5-12,14H,13H2,1-4H3,(H,23,25). The number of aromatic amines is 1. The predicted molar refractivity (Wildman–Crippen MR) is 105 cm³/mol. The summed E-state index contributed by atoms with van der Waals surface area (Å²) in [6.45, 7) is 8.22. The molecule has 0 atom stereocenters. The van der Waals surface area contributed by atoms with Gasteiger partial charge in [-0.15, -0.1) is 0 Å². The molecule has 3 rings (SSSR count). The zero-order valence-electron chi connectivity index (χ0n) is 15.7. The van der Waals surface area contributed by atoms with Crippen molar-refractivity contribution in [2.24, 2.45) is 0 Å². The fraction of sp³-hybridized carbons (Fsp3) is 0.273. The third-order valence-electron chi connectivity index (χ3n) is 4.60. The highest BCUT2D eigenvalue weighted by molar-refractivity contribution is 5.94. The van der Waals surface area contributed by atoms with Crippen molar-refractivity contribution in [3.63, 3.8) is 0 Å². The summed E-state index contributed by atoms with van der Waals surface area (Å²) >= 11 is 0. The largest absolute Gasteiger partial charge is 0.332 e. The third kappa shape index (κ3) is 3.69. The molecule has 0 spiro atoms. The van der Waals surface area contributed by atoms with Gasteiger partial charge < -0.3 is 9.88 Å². The van der Waals surface area contributed by atoms with Gasteiger partial charge in [0.05, 0.1) is 6.54 Å². The van der Waals surface area contributed by atoms with Crippen LogP contribution < -0.4 is 5.56 Å². The van der Waals surface area contributed by atoms with Gasteiger partial charge in [-0.1, -0.05) is 29.3 Å². The topological polar surface area (TPSA) is 53.2 Å². The molecule has 0 aliphatic carbocycles. The van der Waals surface area contributed by atoms with E-state index in [1.165, 1.54) is 0 Å². The molecule has 134 valence electrons. The number of H-pyrrole nitrogens is 1. The number of nitrogens with zero attached hydrogens (tertiary/aromatic N) is 1. The summed E-state index contributed by atoms with van der Waals surface area (Å²) in [6, 6.07) is 15.3. The highest BCUT2D eigenvalue weighted by Gasteiger charge is 2.20. The normalized spacial score (nSPS) is 11.1. The second kappa shape index (κ2) is 7.16. The quantitative estimate of drug-likeness (QED) is 0.768. The lowest BCUT2D eigenvalue weighted by atomic mass is 10.1. The van der Waals surface area contributed by atoms with E-state index in [-0.39, 0.29) is 24.1 Å². The molecular weight excluding hydrogens is 324 g/mol. The smallest absolute Gasteiger partial charge is 0.254 e. The average Bonchev–Trinajstić information content (AvgIpc) is 2.60. The molecule has 0 fully saturated rings. The molecule has 0 saturated heterocycles. The Morgan fingerprint density at radius 1 is 1.00 bits per heavy atom. The Morgan fingerprint density at radius 3 is 2.31 bits per heavy atom. The number of carbonyl (C=O) groups is 1. The molecule has 0 bridgehead atoms. The summed E-state index contributed by atoms with van der Waals surface area (Å²) in [4.78, 5) is 30.1. The first kappa shape index (κ1) is 17.9. The average molecular weight is 348 g/mol. The van der Waals surface area contributed by atoms with Gasteiger partial charge in [-0.05, 0) is 63.4 Å². The molecule has 2 aromatic carbocycles. The van der Waals surface area contributed by atoms with Crippen LogP contribution in [0.5, 0.6) is 0 Å². The number of hydrogen-bond acceptors (Lipinski definition) is 2. The van der Waals surface area contributed by atoms with E-state index in [4.69, 9.17) is 0 Å². The monoisotopic (exact) mass is 348 g/mol. The van der Waals surface area contributed by atoms with E-state index in [1.54, 1.807) is 4.90 Å². The number of aromatic nitrogens is 1. The minimum Gasteiger partial charge on any atom is -0.332 e. The Labute approximate surface area is 153 Å². The highest BCUT2D eigenvalue weighted by Crippen LogP contribution is 2.17. The number of fused-ring (bicyclic) bond motifs is 1. The lowest BCUT2D eigenvalue weighted by molar-refractivity contribution is 0.0689. The summed E-state index contributed by atoms with van der Waals surface area (Å²) < 4.78 is 0. The van der Waals surface area contributed by atoms with E-state index in [1.807, 2.05) is 76.2 Å². The van der Waals surface area contributed by atoms with Crippen molar-refractivity contribution < 1.29 is 4.79 Å². The molecule has 0 radical (unpaired) electrons. The van der Waals surface area contributed by atoms with Gasteiger partial charge in [-0.3, -0.25) is 9.59 Å². The van der Waals surface area contributed by atoms with Gasteiger partial charge >= 0.3 is 0 Å². The molecule has 26 heavy (non-hydrogen) atoms. The second-order valence-corrected chi connectivity index (χ2v) is 7.11. The Bertz CT molecular complexity index is 1000. The van der Waals surface area contributed by atoms with Crippen molar-refractivity contribution in [3.05, 3.63) is 81.1 Å². The van der Waals surface area contributed by atoms with Gasteiger partial charge in [0.1, 0.15) is 0 Å². The van der Waals surface area contributed by atoms with E-state index in [9.17, 15) is 9.59 Å². The van der Waals surface area contributed by atoms with E-state index in [0.717, 1.165) is 22.0 Å². The fourth-order valence-corrected chi connectivity index (χ4v) is 3.02. The molecule has 1 aromatic heterocycles. The predicted octanol–water partition coefficient (Wildman–Crippen LogP) is 4.20. The molecule has 0 aliphatic heterocycles. The second-order valence-electron chi connectivity index (χ2n) is 7.11. The molecule has 4 nitrogen and oxygen atoms in total. The number of carbonyl (C=O) groups excluding carboxylic acids is 1. The van der Waals surface area contributed by atoms with Gasteiger partial charge in [0, 0.05) is 22.7 Å². The van der Waals surface area contributed by atoms with Gasteiger partial charge in [0.25, 0.3) is 11.5 Å². The van der Waals surface area contributed by atoms with Crippen molar-refractivity contribution in [3.8, 4) is 0 Å². The van der Waals surface area contributed by atoms with Crippen LogP contribution in [0.25, 0.3) is 10.9 Å². The van der Waals surface area contributed by atoms with Crippen molar-refractivity contribution in [1.29, 1.82) is 0 Å². The maximum Gasteiger partial charge on any atom is 0.254 e. The summed E-state index contributed by atoms with van der Waals surface area (Å²) in [5, 5.41) is 0.978. The van der Waals surface area contributed by atoms with Crippen LogP contribution in [0.4, 0.5) is 0 Å². The summed E-state index contributed by atoms with van der Waals surface area (Å²) in [5.74, 6) is -0.0660. The van der Waals surface area contributed by atoms with Crippen LogP contribution in [0.1, 0.15) is 40.9 Å². The first-order valence-electron chi connectivity index (χ1n) is 8.85. The maximum absolute atomic E-state index is 12.9. The zero-order chi connectivity index (χ0) is 18.8. The number of pyridine rings is 1. The number of amides is 1. The van der Waals surface area contributed by atoms with Gasteiger partial charge in [0.15, 0.2) is 0 Å². The van der Waals surface area contributed by atoms with Gasteiger partial charge in [-0.2, -0.15) is 0 Å². The van der Waals surface area contributed by atoms with Crippen LogP contribution in [-0.4, -0.2) is 21.8 Å². The Kier molecular flexibility index (Phi) is 4.94. The summed E-state index contributed by atoms with van der Waals surface area (Å²) in [7, 11) is 0. The number of benzene rings is 2. The third-order valence-corrected chi connectivity index (χ3v) is 4.60.